The molecule has 0 spiro atoms. The number of hydrogen-bond donors (Lipinski definition) is 1. The summed E-state index contributed by atoms with van der Waals surface area (Å²) >= 11 is 0.490. The van der Waals surface area contributed by atoms with Crippen LogP contribution in [0.5, 0.6) is 5.75 Å². The zero-order chi connectivity index (χ0) is 23.6. The SMILES string of the molecule is O=S(=O)(CCc1cccc(OC(F)(F)F)c1)c1ccc(S(=O)(=O)Nc2ncc(F)s2)cc1. The maximum atomic E-state index is 13.0. The molecular formula is C18H14F4N2O5S3. The molecule has 172 valence electrons. The van der Waals surface area contributed by atoms with Gasteiger partial charge in [-0.15, -0.1) is 13.2 Å². The standard InChI is InChI=1S/C18H14F4N2O5S3/c19-16-11-23-17(30-16)24-32(27,28)15-6-4-14(5-7-15)31(25,26)9-8-12-2-1-3-13(10-12)29-18(20,21)22/h1-7,10-11H,8-9H2,(H,23,24). The van der Waals surface area contributed by atoms with E-state index in [1.807, 2.05) is 0 Å². The normalized spacial score (nSPS) is 12.5. The van der Waals surface area contributed by atoms with Gasteiger partial charge in [0, 0.05) is 0 Å². The lowest BCUT2D eigenvalue weighted by Gasteiger charge is -2.10. The molecule has 3 aromatic rings. The van der Waals surface area contributed by atoms with E-state index in [2.05, 4.69) is 14.4 Å². The Balaban J connectivity index is 1.69. The van der Waals surface area contributed by atoms with Crippen LogP contribution in [-0.4, -0.2) is 33.9 Å². The number of nitrogens with one attached hydrogen (secondary N) is 1. The van der Waals surface area contributed by atoms with Crippen LogP contribution in [-0.2, 0) is 26.3 Å². The minimum absolute atomic E-state index is 0.0887. The molecule has 0 unspecified atom stereocenters. The van der Waals surface area contributed by atoms with Crippen molar-refractivity contribution in [2.45, 2.75) is 22.6 Å². The number of halogens is 4. The van der Waals surface area contributed by atoms with Crippen molar-refractivity contribution in [3.8, 4) is 5.75 Å². The Morgan fingerprint density at radius 2 is 1.66 bits per heavy atom. The largest absolute Gasteiger partial charge is 0.573 e. The summed E-state index contributed by atoms with van der Waals surface area (Å²) in [6.45, 7) is 0. The Hall–Kier alpha value is -2.71. The quantitative estimate of drug-likeness (QED) is 0.460. The van der Waals surface area contributed by atoms with Gasteiger partial charge in [-0.25, -0.2) is 21.8 Å². The van der Waals surface area contributed by atoms with E-state index in [0.29, 0.717) is 16.9 Å². The van der Waals surface area contributed by atoms with Gasteiger partial charge < -0.3 is 4.74 Å². The van der Waals surface area contributed by atoms with Gasteiger partial charge in [0.05, 0.1) is 21.7 Å². The first kappa shape index (κ1) is 23.9. The van der Waals surface area contributed by atoms with Gasteiger partial charge in [0.25, 0.3) is 10.0 Å². The van der Waals surface area contributed by atoms with E-state index in [1.54, 1.807) is 0 Å². The Bertz CT molecular complexity index is 1300. The van der Waals surface area contributed by atoms with Crippen LogP contribution in [0, 0.1) is 5.13 Å². The first-order valence-corrected chi connectivity index (χ1v) is 12.6. The molecule has 32 heavy (non-hydrogen) atoms. The summed E-state index contributed by atoms with van der Waals surface area (Å²) in [6, 6.07) is 9.27. The lowest BCUT2D eigenvalue weighted by Crippen LogP contribution is -2.17. The van der Waals surface area contributed by atoms with Crippen LogP contribution in [0.25, 0.3) is 0 Å². The van der Waals surface area contributed by atoms with E-state index in [1.165, 1.54) is 12.1 Å². The number of thiazole rings is 1. The second-order valence-electron chi connectivity index (χ2n) is 6.31. The van der Waals surface area contributed by atoms with Gasteiger partial charge >= 0.3 is 6.36 Å². The molecule has 1 aromatic heterocycles. The van der Waals surface area contributed by atoms with Crippen LogP contribution in [0.15, 0.2) is 64.5 Å². The molecule has 0 bridgehead atoms. The molecule has 1 N–H and O–H groups in total. The van der Waals surface area contributed by atoms with Gasteiger partial charge in [-0.1, -0.05) is 23.5 Å². The summed E-state index contributed by atoms with van der Waals surface area (Å²) in [5, 5.41) is -0.865. The number of aryl methyl sites for hydroxylation is 1. The summed E-state index contributed by atoms with van der Waals surface area (Å²) < 4.78 is 106. The summed E-state index contributed by atoms with van der Waals surface area (Å²) in [4.78, 5) is 3.12. The smallest absolute Gasteiger partial charge is 0.406 e. The fourth-order valence-corrected chi connectivity index (χ4v) is 5.65. The number of hydrogen-bond acceptors (Lipinski definition) is 7. The van der Waals surface area contributed by atoms with Gasteiger partial charge in [-0.2, -0.15) is 4.39 Å². The van der Waals surface area contributed by atoms with Crippen LogP contribution in [0.4, 0.5) is 22.7 Å². The number of alkyl halides is 3. The maximum Gasteiger partial charge on any atom is 0.573 e. The van der Waals surface area contributed by atoms with E-state index in [9.17, 15) is 34.4 Å². The van der Waals surface area contributed by atoms with E-state index in [-0.39, 0.29) is 21.3 Å². The highest BCUT2D eigenvalue weighted by Crippen LogP contribution is 2.25. The van der Waals surface area contributed by atoms with Crippen LogP contribution in [0.1, 0.15) is 5.56 Å². The monoisotopic (exact) mass is 510 g/mol. The summed E-state index contributed by atoms with van der Waals surface area (Å²) in [7, 11) is -7.97. The number of rotatable bonds is 8. The number of ether oxygens (including phenoxy) is 1. The van der Waals surface area contributed by atoms with Crippen molar-refractivity contribution in [2.75, 3.05) is 10.5 Å². The summed E-state index contributed by atoms with van der Waals surface area (Å²) in [5.74, 6) is -0.889. The van der Waals surface area contributed by atoms with E-state index in [4.69, 9.17) is 0 Å². The van der Waals surface area contributed by atoms with Crippen molar-refractivity contribution < 1.29 is 39.1 Å². The molecule has 0 amide bonds. The molecule has 0 aliphatic carbocycles. The topological polar surface area (TPSA) is 102 Å². The van der Waals surface area contributed by atoms with Crippen molar-refractivity contribution in [2.24, 2.45) is 0 Å². The summed E-state index contributed by atoms with van der Waals surface area (Å²) in [6.07, 6.45) is -4.10. The minimum Gasteiger partial charge on any atom is -0.406 e. The summed E-state index contributed by atoms with van der Waals surface area (Å²) in [5.41, 5.74) is 0.314. The van der Waals surface area contributed by atoms with Crippen molar-refractivity contribution >= 4 is 36.3 Å². The third kappa shape index (κ3) is 6.40. The molecule has 0 aliphatic rings. The molecule has 7 nitrogen and oxygen atoms in total. The lowest BCUT2D eigenvalue weighted by atomic mass is 10.2. The second kappa shape index (κ2) is 9.03. The highest BCUT2D eigenvalue weighted by Gasteiger charge is 2.31. The molecule has 0 saturated carbocycles. The van der Waals surface area contributed by atoms with Gasteiger partial charge in [0.1, 0.15) is 5.75 Å². The van der Waals surface area contributed by atoms with Gasteiger partial charge in [-0.3, -0.25) is 4.72 Å². The highest BCUT2D eigenvalue weighted by molar-refractivity contribution is 7.93. The van der Waals surface area contributed by atoms with Crippen molar-refractivity contribution in [3.05, 3.63) is 65.4 Å². The zero-order valence-corrected chi connectivity index (χ0v) is 18.3. The average Bonchev–Trinajstić information content (AvgIpc) is 3.09. The van der Waals surface area contributed by atoms with Crippen molar-refractivity contribution in [1.82, 2.24) is 4.98 Å². The number of nitrogens with zero attached hydrogens (tertiary/aromatic N) is 1. The molecule has 0 aliphatic heterocycles. The fourth-order valence-electron chi connectivity index (χ4n) is 2.57. The fraction of sp³-hybridized carbons (Fsp3) is 0.167. The second-order valence-corrected chi connectivity index (χ2v) is 11.1. The maximum absolute atomic E-state index is 13.0. The number of anilines is 1. The van der Waals surface area contributed by atoms with Crippen molar-refractivity contribution in [3.63, 3.8) is 0 Å². The molecule has 3 rings (SSSR count). The van der Waals surface area contributed by atoms with Gasteiger partial charge in [0.2, 0.25) is 0 Å². The number of benzene rings is 2. The Morgan fingerprint density at radius 3 is 2.25 bits per heavy atom. The molecule has 2 aromatic carbocycles. The number of aromatic nitrogens is 1. The minimum atomic E-state index is -4.87. The number of sulfonamides is 1. The molecule has 1 heterocycles. The van der Waals surface area contributed by atoms with Gasteiger partial charge in [0.15, 0.2) is 20.1 Å². The molecule has 14 heteroatoms. The predicted octanol–water partition coefficient (Wildman–Crippen LogP) is 4.00. The third-order valence-corrected chi connectivity index (χ3v) is 7.90. The molecule has 0 radical (unpaired) electrons. The van der Waals surface area contributed by atoms with E-state index >= 15 is 0 Å². The van der Waals surface area contributed by atoms with Crippen molar-refractivity contribution in [1.29, 1.82) is 0 Å². The van der Waals surface area contributed by atoms with Gasteiger partial charge in [-0.05, 0) is 48.4 Å². The van der Waals surface area contributed by atoms with Crippen LogP contribution >= 0.6 is 11.3 Å². The van der Waals surface area contributed by atoms with Crippen LogP contribution in [0.3, 0.4) is 0 Å². The Morgan fingerprint density at radius 1 is 1.00 bits per heavy atom. The van der Waals surface area contributed by atoms with Crippen LogP contribution < -0.4 is 9.46 Å². The highest BCUT2D eigenvalue weighted by atomic mass is 32.2. The number of sulfone groups is 1. The molecule has 0 saturated heterocycles. The van der Waals surface area contributed by atoms with Crippen LogP contribution in [0.2, 0.25) is 0 Å². The zero-order valence-electron chi connectivity index (χ0n) is 15.8. The Kier molecular flexibility index (Phi) is 6.76. The first-order valence-electron chi connectivity index (χ1n) is 8.66. The molecule has 0 fully saturated rings. The third-order valence-electron chi connectivity index (χ3n) is 3.98. The molecular weight excluding hydrogens is 496 g/mol. The Labute approximate surface area is 184 Å². The van der Waals surface area contributed by atoms with E-state index < -0.39 is 42.9 Å². The predicted molar refractivity (Wildman–Crippen MR) is 108 cm³/mol. The van der Waals surface area contributed by atoms with E-state index in [0.717, 1.165) is 42.6 Å². The molecule has 0 atom stereocenters. The first-order chi connectivity index (χ1) is 14.8. The average molecular weight is 511 g/mol. The lowest BCUT2D eigenvalue weighted by molar-refractivity contribution is -0.274.